The van der Waals surface area contributed by atoms with Crippen LogP contribution < -0.4 is 15.4 Å². The lowest BCUT2D eigenvalue weighted by molar-refractivity contribution is 0.172. The second-order valence-corrected chi connectivity index (χ2v) is 6.00. The molecular formula is C19H34N4O2. The van der Waals surface area contributed by atoms with Crippen LogP contribution in [0.4, 0.5) is 5.69 Å². The number of benzene rings is 1. The molecule has 0 saturated heterocycles. The van der Waals surface area contributed by atoms with Gasteiger partial charge < -0.3 is 25.0 Å². The molecule has 0 heterocycles. The van der Waals surface area contributed by atoms with E-state index in [0.29, 0.717) is 13.2 Å². The smallest absolute Gasteiger partial charge is 0.195 e. The Kier molecular flexibility index (Phi) is 11.5. The fourth-order valence-corrected chi connectivity index (χ4v) is 2.28. The number of methoxy groups -OCH3 is 1. The van der Waals surface area contributed by atoms with Gasteiger partial charge in [-0.05, 0) is 32.1 Å². The Hall–Kier alpha value is -1.79. The molecule has 0 aliphatic rings. The summed E-state index contributed by atoms with van der Waals surface area (Å²) in [5.41, 5.74) is 0.955. The molecular weight excluding hydrogens is 316 g/mol. The molecule has 0 radical (unpaired) electrons. The number of likely N-dealkylation sites (N-methyl/N-ethyl adjacent to an activating group) is 1. The summed E-state index contributed by atoms with van der Waals surface area (Å²) < 4.78 is 10.8. The van der Waals surface area contributed by atoms with Crippen molar-refractivity contribution in [1.29, 1.82) is 0 Å². The number of unbranched alkanes of at least 4 members (excludes halogenated alkanes) is 1. The highest BCUT2D eigenvalue weighted by atomic mass is 16.5. The highest BCUT2D eigenvalue weighted by Gasteiger charge is 2.02. The van der Waals surface area contributed by atoms with Crippen molar-refractivity contribution in [3.05, 3.63) is 24.3 Å². The van der Waals surface area contributed by atoms with Crippen LogP contribution in [0.15, 0.2) is 29.3 Å². The first-order valence-corrected chi connectivity index (χ1v) is 9.07. The van der Waals surface area contributed by atoms with E-state index >= 15 is 0 Å². The zero-order valence-electron chi connectivity index (χ0n) is 16.2. The Labute approximate surface area is 152 Å². The minimum atomic E-state index is 0.647. The van der Waals surface area contributed by atoms with Gasteiger partial charge >= 0.3 is 0 Å². The number of hydrogen-bond acceptors (Lipinski definition) is 4. The maximum Gasteiger partial charge on any atom is 0.195 e. The summed E-state index contributed by atoms with van der Waals surface area (Å²) in [4.78, 5) is 6.61. The molecule has 1 aromatic rings. The third-order valence-electron chi connectivity index (χ3n) is 3.76. The molecule has 0 aliphatic heterocycles. The molecule has 0 amide bonds. The van der Waals surface area contributed by atoms with E-state index in [0.717, 1.165) is 43.5 Å². The molecule has 0 aliphatic carbocycles. The Balaban J connectivity index is 2.39. The number of hydrogen-bond donors (Lipinski definition) is 2. The summed E-state index contributed by atoms with van der Waals surface area (Å²) in [6.45, 7) is 6.55. The van der Waals surface area contributed by atoms with E-state index in [2.05, 4.69) is 34.5 Å². The summed E-state index contributed by atoms with van der Waals surface area (Å²) in [5, 5.41) is 6.65. The number of aliphatic imine (C=N–C) groups is 1. The molecule has 142 valence electrons. The second kappa shape index (κ2) is 13.5. The Morgan fingerprint density at radius 2 is 2.04 bits per heavy atom. The first-order chi connectivity index (χ1) is 12.2. The summed E-state index contributed by atoms with van der Waals surface area (Å²) in [6, 6.07) is 7.91. The van der Waals surface area contributed by atoms with Crippen LogP contribution in [0.5, 0.6) is 5.75 Å². The van der Waals surface area contributed by atoms with E-state index in [4.69, 9.17) is 9.47 Å². The summed E-state index contributed by atoms with van der Waals surface area (Å²) in [7, 11) is 5.63. The topological polar surface area (TPSA) is 58.1 Å². The van der Waals surface area contributed by atoms with Crippen molar-refractivity contribution in [3.63, 3.8) is 0 Å². The molecule has 0 spiro atoms. The van der Waals surface area contributed by atoms with Crippen molar-refractivity contribution in [1.82, 2.24) is 10.2 Å². The highest BCUT2D eigenvalue weighted by molar-refractivity contribution is 5.93. The van der Waals surface area contributed by atoms with Gasteiger partial charge in [-0.15, -0.1) is 0 Å². The lowest BCUT2D eigenvalue weighted by Crippen LogP contribution is -2.37. The predicted molar refractivity (Wildman–Crippen MR) is 106 cm³/mol. The van der Waals surface area contributed by atoms with E-state index in [1.807, 2.05) is 24.3 Å². The van der Waals surface area contributed by atoms with E-state index in [-0.39, 0.29) is 0 Å². The van der Waals surface area contributed by atoms with Crippen LogP contribution in [-0.4, -0.2) is 64.9 Å². The summed E-state index contributed by atoms with van der Waals surface area (Å²) in [5.74, 6) is 1.61. The number of anilines is 1. The van der Waals surface area contributed by atoms with Gasteiger partial charge in [0.1, 0.15) is 5.75 Å². The standard InChI is InChI=1S/C19H34N4O2/c1-5-6-12-23(3)13-11-21-19(20-2)22-17-9-7-10-18(16-17)25-15-8-14-24-4/h7,9-10,16H,5-6,8,11-15H2,1-4H3,(H2,20,21,22). The van der Waals surface area contributed by atoms with Gasteiger partial charge in [-0.3, -0.25) is 4.99 Å². The lowest BCUT2D eigenvalue weighted by Gasteiger charge is -2.18. The maximum absolute atomic E-state index is 5.73. The summed E-state index contributed by atoms with van der Waals surface area (Å²) >= 11 is 0. The lowest BCUT2D eigenvalue weighted by atomic mass is 10.3. The molecule has 0 unspecified atom stereocenters. The predicted octanol–water partition coefficient (Wildman–Crippen LogP) is 2.82. The SMILES string of the molecule is CCCCN(C)CCNC(=NC)Nc1cccc(OCCCOC)c1. The fourth-order valence-electron chi connectivity index (χ4n) is 2.28. The van der Waals surface area contributed by atoms with Gasteiger partial charge in [0.05, 0.1) is 6.61 Å². The van der Waals surface area contributed by atoms with Crippen molar-refractivity contribution in [2.45, 2.75) is 26.2 Å². The van der Waals surface area contributed by atoms with Crippen LogP contribution in [-0.2, 0) is 4.74 Å². The van der Waals surface area contributed by atoms with Gasteiger partial charge in [0.2, 0.25) is 0 Å². The monoisotopic (exact) mass is 350 g/mol. The van der Waals surface area contributed by atoms with Crippen LogP contribution in [0.25, 0.3) is 0 Å². The van der Waals surface area contributed by atoms with Crippen molar-refractivity contribution in [2.75, 3.05) is 59.4 Å². The second-order valence-electron chi connectivity index (χ2n) is 6.00. The van der Waals surface area contributed by atoms with Crippen LogP contribution >= 0.6 is 0 Å². The van der Waals surface area contributed by atoms with Gasteiger partial charge in [-0.25, -0.2) is 0 Å². The molecule has 1 aromatic carbocycles. The van der Waals surface area contributed by atoms with Crippen LogP contribution in [0, 0.1) is 0 Å². The van der Waals surface area contributed by atoms with Gasteiger partial charge in [0, 0.05) is 52.0 Å². The highest BCUT2D eigenvalue weighted by Crippen LogP contribution is 2.17. The molecule has 6 heteroatoms. The number of ether oxygens (including phenoxy) is 2. The molecule has 0 fully saturated rings. The molecule has 0 atom stereocenters. The van der Waals surface area contributed by atoms with E-state index in [1.54, 1.807) is 14.2 Å². The minimum absolute atomic E-state index is 0.647. The van der Waals surface area contributed by atoms with Gasteiger partial charge in [0.25, 0.3) is 0 Å². The van der Waals surface area contributed by atoms with Crippen molar-refractivity contribution in [2.24, 2.45) is 4.99 Å². The number of nitrogens with zero attached hydrogens (tertiary/aromatic N) is 2. The van der Waals surface area contributed by atoms with Crippen molar-refractivity contribution < 1.29 is 9.47 Å². The Morgan fingerprint density at radius 3 is 2.76 bits per heavy atom. The van der Waals surface area contributed by atoms with Crippen molar-refractivity contribution >= 4 is 11.6 Å². The van der Waals surface area contributed by atoms with E-state index < -0.39 is 0 Å². The number of nitrogens with one attached hydrogen (secondary N) is 2. The number of rotatable bonds is 12. The molecule has 0 bridgehead atoms. The Bertz CT molecular complexity index is 494. The third-order valence-corrected chi connectivity index (χ3v) is 3.76. The fraction of sp³-hybridized carbons (Fsp3) is 0.632. The third kappa shape index (κ3) is 9.94. The van der Waals surface area contributed by atoms with Gasteiger partial charge in [-0.2, -0.15) is 0 Å². The molecule has 2 N–H and O–H groups in total. The molecule has 25 heavy (non-hydrogen) atoms. The normalized spacial score (nSPS) is 11.6. The zero-order valence-corrected chi connectivity index (χ0v) is 16.2. The van der Waals surface area contributed by atoms with Gasteiger partial charge in [-0.1, -0.05) is 19.4 Å². The largest absolute Gasteiger partial charge is 0.493 e. The van der Waals surface area contributed by atoms with Crippen LogP contribution in [0.2, 0.25) is 0 Å². The average Bonchev–Trinajstić information content (AvgIpc) is 2.63. The number of guanidine groups is 1. The molecule has 0 saturated carbocycles. The van der Waals surface area contributed by atoms with Crippen LogP contribution in [0.3, 0.4) is 0 Å². The molecule has 0 aromatic heterocycles. The van der Waals surface area contributed by atoms with E-state index in [1.165, 1.54) is 12.8 Å². The average molecular weight is 351 g/mol. The van der Waals surface area contributed by atoms with Crippen LogP contribution in [0.1, 0.15) is 26.2 Å². The Morgan fingerprint density at radius 1 is 1.20 bits per heavy atom. The van der Waals surface area contributed by atoms with Crippen molar-refractivity contribution in [3.8, 4) is 5.75 Å². The van der Waals surface area contributed by atoms with E-state index in [9.17, 15) is 0 Å². The minimum Gasteiger partial charge on any atom is -0.493 e. The first-order valence-electron chi connectivity index (χ1n) is 9.07. The molecule has 6 nitrogen and oxygen atoms in total. The quantitative estimate of drug-likeness (QED) is 0.345. The maximum atomic E-state index is 5.73. The summed E-state index contributed by atoms with van der Waals surface area (Å²) in [6.07, 6.45) is 3.34. The zero-order chi connectivity index (χ0) is 18.3. The first kappa shape index (κ1) is 21.3. The van der Waals surface area contributed by atoms with Gasteiger partial charge in [0.15, 0.2) is 5.96 Å². The molecule has 1 rings (SSSR count).